The molecule has 1 aromatic heterocycles. The molecule has 0 unspecified atom stereocenters. The molecule has 0 aliphatic carbocycles. The first-order valence-electron chi connectivity index (χ1n) is 2.65. The van der Waals surface area contributed by atoms with Gasteiger partial charge in [-0.05, 0) is 6.07 Å². The van der Waals surface area contributed by atoms with Gasteiger partial charge in [-0.25, -0.2) is 0 Å². The number of nitrogens with zero attached hydrogens (tertiary/aromatic N) is 1. The van der Waals surface area contributed by atoms with E-state index in [2.05, 4.69) is 4.98 Å². The Morgan fingerprint density at radius 2 is 2.27 bits per heavy atom. The minimum absolute atomic E-state index is 0. The van der Waals surface area contributed by atoms with Crippen LogP contribution in [0.5, 0.6) is 0 Å². The molecular weight excluding hydrogens is 185 g/mol. The number of amidine groups is 1. The highest BCUT2D eigenvalue weighted by Crippen LogP contribution is 2.11. The summed E-state index contributed by atoms with van der Waals surface area (Å²) in [6.45, 7) is 0. The lowest BCUT2D eigenvalue weighted by molar-refractivity contribution is 1.31. The molecule has 0 atom stereocenters. The molecule has 3 nitrogen and oxygen atoms in total. The molecule has 0 aliphatic rings. The summed E-state index contributed by atoms with van der Waals surface area (Å²) >= 11 is 5.64. The lowest BCUT2D eigenvalue weighted by Gasteiger charge is -1.97. The van der Waals surface area contributed by atoms with Crippen molar-refractivity contribution in [3.8, 4) is 0 Å². The number of rotatable bonds is 1. The zero-order valence-electron chi connectivity index (χ0n) is 5.54. The summed E-state index contributed by atoms with van der Waals surface area (Å²) in [4.78, 5) is 3.74. The van der Waals surface area contributed by atoms with Crippen LogP contribution in [0.3, 0.4) is 0 Å². The summed E-state index contributed by atoms with van der Waals surface area (Å²) in [7, 11) is 0. The lowest BCUT2D eigenvalue weighted by Crippen LogP contribution is -2.11. The molecule has 1 rings (SSSR count). The summed E-state index contributed by atoms with van der Waals surface area (Å²) in [6.07, 6.45) is 3.00. The fourth-order valence-electron chi connectivity index (χ4n) is 0.594. The zero-order chi connectivity index (χ0) is 7.56. The Kier molecular flexibility index (Phi) is 3.85. The van der Waals surface area contributed by atoms with Crippen molar-refractivity contribution in [2.24, 2.45) is 5.73 Å². The SMILES string of the molecule is Cl.N=C(N)c1ccncc1Cl. The quantitative estimate of drug-likeness (QED) is 0.522. The second-order valence-electron chi connectivity index (χ2n) is 1.77. The van der Waals surface area contributed by atoms with Gasteiger partial charge in [0.2, 0.25) is 0 Å². The predicted molar refractivity (Wildman–Crippen MR) is 47.5 cm³/mol. The van der Waals surface area contributed by atoms with Crippen molar-refractivity contribution in [1.82, 2.24) is 4.98 Å². The molecule has 0 radical (unpaired) electrons. The van der Waals surface area contributed by atoms with Crippen LogP contribution in [0.1, 0.15) is 5.56 Å². The van der Waals surface area contributed by atoms with Crippen molar-refractivity contribution in [3.63, 3.8) is 0 Å². The molecule has 11 heavy (non-hydrogen) atoms. The molecule has 0 fully saturated rings. The number of pyridine rings is 1. The van der Waals surface area contributed by atoms with Gasteiger partial charge in [0.25, 0.3) is 0 Å². The number of aromatic nitrogens is 1. The number of nitrogens with two attached hydrogens (primary N) is 1. The fourth-order valence-corrected chi connectivity index (χ4v) is 0.815. The van der Waals surface area contributed by atoms with Crippen LogP contribution in [-0.2, 0) is 0 Å². The minimum Gasteiger partial charge on any atom is -0.384 e. The number of hydrogen-bond acceptors (Lipinski definition) is 2. The third-order valence-corrected chi connectivity index (χ3v) is 1.36. The van der Waals surface area contributed by atoms with E-state index in [-0.39, 0.29) is 18.2 Å². The van der Waals surface area contributed by atoms with E-state index in [9.17, 15) is 0 Å². The summed E-state index contributed by atoms with van der Waals surface area (Å²) in [5.74, 6) is -0.0348. The molecule has 0 saturated carbocycles. The van der Waals surface area contributed by atoms with E-state index in [1.165, 1.54) is 6.20 Å². The monoisotopic (exact) mass is 191 g/mol. The van der Waals surface area contributed by atoms with Crippen LogP contribution < -0.4 is 5.73 Å². The highest BCUT2D eigenvalue weighted by molar-refractivity contribution is 6.33. The van der Waals surface area contributed by atoms with Crippen LogP contribution in [0, 0.1) is 5.41 Å². The Hall–Kier alpha value is -0.800. The maximum Gasteiger partial charge on any atom is 0.124 e. The first-order chi connectivity index (χ1) is 4.72. The molecule has 5 heteroatoms. The van der Waals surface area contributed by atoms with Gasteiger partial charge < -0.3 is 5.73 Å². The molecule has 3 N–H and O–H groups in total. The average Bonchev–Trinajstić information content (AvgIpc) is 1.88. The number of nitrogen functional groups attached to an aromatic ring is 1. The Balaban J connectivity index is 0.000001000. The molecule has 0 aromatic carbocycles. The van der Waals surface area contributed by atoms with Crippen molar-refractivity contribution in [1.29, 1.82) is 5.41 Å². The topological polar surface area (TPSA) is 62.8 Å². The van der Waals surface area contributed by atoms with Crippen molar-refractivity contribution in [2.75, 3.05) is 0 Å². The Bertz CT molecular complexity index is 262. The minimum atomic E-state index is -0.0348. The Morgan fingerprint density at radius 1 is 1.64 bits per heavy atom. The molecule has 0 spiro atoms. The van der Waals surface area contributed by atoms with E-state index >= 15 is 0 Å². The summed E-state index contributed by atoms with van der Waals surface area (Å²) in [6, 6.07) is 1.60. The van der Waals surface area contributed by atoms with E-state index in [0.717, 1.165) is 0 Å². The predicted octanol–water partition coefficient (Wildman–Crippen LogP) is 1.44. The third kappa shape index (κ3) is 2.37. The van der Waals surface area contributed by atoms with E-state index in [0.29, 0.717) is 10.6 Å². The Morgan fingerprint density at radius 3 is 2.64 bits per heavy atom. The van der Waals surface area contributed by atoms with Gasteiger partial charge in [-0.15, -0.1) is 12.4 Å². The van der Waals surface area contributed by atoms with E-state index < -0.39 is 0 Å². The van der Waals surface area contributed by atoms with Crippen molar-refractivity contribution in [2.45, 2.75) is 0 Å². The summed E-state index contributed by atoms with van der Waals surface area (Å²) < 4.78 is 0. The molecule has 1 aromatic rings. The van der Waals surface area contributed by atoms with Gasteiger partial charge in [0.1, 0.15) is 5.84 Å². The molecule has 0 saturated heterocycles. The smallest absolute Gasteiger partial charge is 0.124 e. The highest BCUT2D eigenvalue weighted by Gasteiger charge is 1.99. The second kappa shape index (κ2) is 4.16. The van der Waals surface area contributed by atoms with Crippen LogP contribution in [0.2, 0.25) is 5.02 Å². The van der Waals surface area contributed by atoms with Crippen molar-refractivity contribution >= 4 is 29.8 Å². The van der Waals surface area contributed by atoms with E-state index in [4.69, 9.17) is 22.7 Å². The molecule has 1 heterocycles. The van der Waals surface area contributed by atoms with Crippen LogP contribution in [0.4, 0.5) is 0 Å². The molecular formula is C6H7Cl2N3. The van der Waals surface area contributed by atoms with Crippen LogP contribution in [-0.4, -0.2) is 10.8 Å². The summed E-state index contributed by atoms with van der Waals surface area (Å²) in [5.41, 5.74) is 5.71. The molecule has 60 valence electrons. The fraction of sp³-hybridized carbons (Fsp3) is 0. The maximum absolute atomic E-state index is 7.04. The first kappa shape index (κ1) is 10.2. The Labute approximate surface area is 75.5 Å². The largest absolute Gasteiger partial charge is 0.384 e. The van der Waals surface area contributed by atoms with Crippen LogP contribution in [0.15, 0.2) is 18.5 Å². The average molecular weight is 192 g/mol. The lowest BCUT2D eigenvalue weighted by atomic mass is 10.2. The van der Waals surface area contributed by atoms with Crippen molar-refractivity contribution in [3.05, 3.63) is 29.0 Å². The standard InChI is InChI=1S/C6H6ClN3.ClH/c7-5-3-10-2-1-4(5)6(8)9;/h1-3H,(H3,8,9);1H. The van der Waals surface area contributed by atoms with Gasteiger partial charge in [-0.2, -0.15) is 0 Å². The van der Waals surface area contributed by atoms with Gasteiger partial charge >= 0.3 is 0 Å². The van der Waals surface area contributed by atoms with E-state index in [1.807, 2.05) is 0 Å². The van der Waals surface area contributed by atoms with Gasteiger partial charge in [0.05, 0.1) is 5.02 Å². The van der Waals surface area contributed by atoms with Gasteiger partial charge in [0.15, 0.2) is 0 Å². The van der Waals surface area contributed by atoms with Gasteiger partial charge in [0, 0.05) is 18.0 Å². The molecule has 0 amide bonds. The van der Waals surface area contributed by atoms with Gasteiger partial charge in [-0.1, -0.05) is 11.6 Å². The van der Waals surface area contributed by atoms with Crippen LogP contribution in [0.25, 0.3) is 0 Å². The molecule has 0 aliphatic heterocycles. The maximum atomic E-state index is 7.04. The van der Waals surface area contributed by atoms with Crippen LogP contribution >= 0.6 is 24.0 Å². The second-order valence-corrected chi connectivity index (χ2v) is 2.18. The van der Waals surface area contributed by atoms with E-state index in [1.54, 1.807) is 12.3 Å². The van der Waals surface area contributed by atoms with Gasteiger partial charge in [-0.3, -0.25) is 10.4 Å². The summed E-state index contributed by atoms with van der Waals surface area (Å²) in [5, 5.41) is 7.45. The van der Waals surface area contributed by atoms with Crippen molar-refractivity contribution < 1.29 is 0 Å². The molecule has 0 bridgehead atoms. The number of hydrogen-bond donors (Lipinski definition) is 2. The highest BCUT2D eigenvalue weighted by atomic mass is 35.5. The third-order valence-electron chi connectivity index (χ3n) is 1.06. The normalized spacial score (nSPS) is 8.45. The number of nitrogens with one attached hydrogen (secondary N) is 1. The first-order valence-corrected chi connectivity index (χ1v) is 3.03. The number of halogens is 2. The zero-order valence-corrected chi connectivity index (χ0v) is 7.12.